The van der Waals surface area contributed by atoms with Gasteiger partial charge in [0.2, 0.25) is 0 Å². The molecule has 0 aromatic carbocycles. The molecule has 1 saturated heterocycles. The van der Waals surface area contributed by atoms with Crippen LogP contribution in [0.2, 0.25) is 0 Å². The molecule has 0 saturated carbocycles. The predicted molar refractivity (Wildman–Crippen MR) is 58.0 cm³/mol. The van der Waals surface area contributed by atoms with Gasteiger partial charge in [0.15, 0.2) is 0 Å². The van der Waals surface area contributed by atoms with Crippen molar-refractivity contribution in [3.8, 4) is 0 Å². The van der Waals surface area contributed by atoms with Gasteiger partial charge in [-0.3, -0.25) is 4.79 Å². The van der Waals surface area contributed by atoms with Gasteiger partial charge in [0.1, 0.15) is 6.17 Å². The van der Waals surface area contributed by atoms with E-state index in [0.717, 1.165) is 12.8 Å². The summed E-state index contributed by atoms with van der Waals surface area (Å²) in [7, 11) is 1.39. The van der Waals surface area contributed by atoms with E-state index in [0.29, 0.717) is 32.6 Å². The molecule has 1 aliphatic heterocycles. The SMILES string of the molecule is COC(=O)CCCCOCC1CC(F)CN1. The van der Waals surface area contributed by atoms with Gasteiger partial charge in [-0.1, -0.05) is 0 Å². The van der Waals surface area contributed by atoms with Gasteiger partial charge in [0.05, 0.1) is 13.7 Å². The molecule has 1 aliphatic rings. The molecule has 5 heteroatoms. The van der Waals surface area contributed by atoms with Crippen molar-refractivity contribution in [2.75, 3.05) is 26.9 Å². The summed E-state index contributed by atoms with van der Waals surface area (Å²) in [6.07, 6.45) is 1.86. The molecule has 2 atom stereocenters. The second kappa shape index (κ2) is 7.57. The van der Waals surface area contributed by atoms with Crippen molar-refractivity contribution in [3.05, 3.63) is 0 Å². The van der Waals surface area contributed by atoms with Gasteiger partial charge in [-0.15, -0.1) is 0 Å². The molecule has 0 aromatic rings. The number of esters is 1. The Balaban J connectivity index is 1.86. The van der Waals surface area contributed by atoms with Gasteiger partial charge in [0.25, 0.3) is 0 Å². The van der Waals surface area contributed by atoms with Crippen molar-refractivity contribution in [3.63, 3.8) is 0 Å². The lowest BCUT2D eigenvalue weighted by Crippen LogP contribution is -2.26. The Hall–Kier alpha value is -0.680. The van der Waals surface area contributed by atoms with E-state index < -0.39 is 6.17 Å². The van der Waals surface area contributed by atoms with Crippen molar-refractivity contribution < 1.29 is 18.7 Å². The van der Waals surface area contributed by atoms with Crippen molar-refractivity contribution >= 4 is 5.97 Å². The van der Waals surface area contributed by atoms with Crippen LogP contribution in [0.5, 0.6) is 0 Å². The van der Waals surface area contributed by atoms with E-state index in [9.17, 15) is 9.18 Å². The standard InChI is InChI=1S/C11H20FNO3/c1-15-11(14)4-2-3-5-16-8-10-6-9(12)7-13-10/h9-10,13H,2-8H2,1H3. The summed E-state index contributed by atoms with van der Waals surface area (Å²) in [4.78, 5) is 10.8. The second-order valence-electron chi connectivity index (χ2n) is 4.05. The number of alkyl halides is 1. The fourth-order valence-corrected chi connectivity index (χ4v) is 1.70. The summed E-state index contributed by atoms with van der Waals surface area (Å²) in [5, 5.41) is 3.05. The first-order valence-electron chi connectivity index (χ1n) is 5.74. The summed E-state index contributed by atoms with van der Waals surface area (Å²) in [5.74, 6) is -0.183. The highest BCUT2D eigenvalue weighted by molar-refractivity contribution is 5.68. The van der Waals surface area contributed by atoms with Crippen LogP contribution in [0.25, 0.3) is 0 Å². The predicted octanol–water partition coefficient (Wildman–Crippen LogP) is 1.05. The molecular formula is C11H20FNO3. The average molecular weight is 233 g/mol. The zero-order chi connectivity index (χ0) is 11.8. The third-order valence-corrected chi connectivity index (χ3v) is 2.63. The van der Waals surface area contributed by atoms with Gasteiger partial charge in [0, 0.05) is 25.6 Å². The number of unbranched alkanes of at least 4 members (excludes halogenated alkanes) is 1. The number of hydrogen-bond acceptors (Lipinski definition) is 4. The maximum absolute atomic E-state index is 12.8. The van der Waals surface area contributed by atoms with Crippen LogP contribution in [0.1, 0.15) is 25.7 Å². The van der Waals surface area contributed by atoms with E-state index in [-0.39, 0.29) is 12.0 Å². The van der Waals surface area contributed by atoms with Crippen molar-refractivity contribution in [1.29, 1.82) is 0 Å². The zero-order valence-electron chi connectivity index (χ0n) is 9.71. The van der Waals surface area contributed by atoms with Crippen LogP contribution in [0, 0.1) is 0 Å². The molecule has 0 bridgehead atoms. The number of ether oxygens (including phenoxy) is 2. The molecule has 0 amide bonds. The van der Waals surface area contributed by atoms with Gasteiger partial charge in [-0.2, -0.15) is 0 Å². The fourth-order valence-electron chi connectivity index (χ4n) is 1.70. The van der Waals surface area contributed by atoms with E-state index in [1.165, 1.54) is 7.11 Å². The molecule has 94 valence electrons. The largest absolute Gasteiger partial charge is 0.469 e. The molecule has 4 nitrogen and oxygen atoms in total. The highest BCUT2D eigenvalue weighted by Crippen LogP contribution is 2.10. The Morgan fingerprint density at radius 3 is 2.94 bits per heavy atom. The normalized spacial score (nSPS) is 24.6. The van der Waals surface area contributed by atoms with Crippen LogP contribution >= 0.6 is 0 Å². The first-order valence-corrected chi connectivity index (χ1v) is 5.74. The molecule has 0 aliphatic carbocycles. The average Bonchev–Trinajstić information content (AvgIpc) is 2.69. The zero-order valence-corrected chi connectivity index (χ0v) is 9.71. The molecule has 16 heavy (non-hydrogen) atoms. The lowest BCUT2D eigenvalue weighted by atomic mass is 10.2. The lowest BCUT2D eigenvalue weighted by molar-refractivity contribution is -0.140. The van der Waals surface area contributed by atoms with Crippen LogP contribution < -0.4 is 5.32 Å². The van der Waals surface area contributed by atoms with Crippen LogP contribution in [0.4, 0.5) is 4.39 Å². The summed E-state index contributed by atoms with van der Waals surface area (Å²) >= 11 is 0. The Morgan fingerprint density at radius 2 is 2.31 bits per heavy atom. The van der Waals surface area contributed by atoms with E-state index in [2.05, 4.69) is 10.1 Å². The van der Waals surface area contributed by atoms with E-state index >= 15 is 0 Å². The molecular weight excluding hydrogens is 213 g/mol. The van der Waals surface area contributed by atoms with Crippen LogP contribution in [-0.2, 0) is 14.3 Å². The molecule has 0 spiro atoms. The molecule has 1 N–H and O–H groups in total. The minimum absolute atomic E-state index is 0.149. The van der Waals surface area contributed by atoms with E-state index in [1.807, 2.05) is 0 Å². The number of hydrogen-bond donors (Lipinski definition) is 1. The molecule has 0 aromatic heterocycles. The van der Waals surface area contributed by atoms with Crippen LogP contribution in [0.15, 0.2) is 0 Å². The fraction of sp³-hybridized carbons (Fsp3) is 0.909. The van der Waals surface area contributed by atoms with Gasteiger partial charge < -0.3 is 14.8 Å². The number of carbonyl (C=O) groups excluding carboxylic acids is 1. The molecule has 0 radical (unpaired) electrons. The van der Waals surface area contributed by atoms with Crippen molar-refractivity contribution in [2.24, 2.45) is 0 Å². The number of methoxy groups -OCH3 is 1. The minimum atomic E-state index is -0.729. The summed E-state index contributed by atoms with van der Waals surface area (Å²) < 4.78 is 22.7. The lowest BCUT2D eigenvalue weighted by Gasteiger charge is -2.10. The number of rotatable bonds is 7. The van der Waals surface area contributed by atoms with Gasteiger partial charge >= 0.3 is 5.97 Å². The van der Waals surface area contributed by atoms with Crippen molar-refractivity contribution in [2.45, 2.75) is 37.9 Å². The Morgan fingerprint density at radius 1 is 1.50 bits per heavy atom. The van der Waals surface area contributed by atoms with Crippen molar-refractivity contribution in [1.82, 2.24) is 5.32 Å². The van der Waals surface area contributed by atoms with Gasteiger partial charge in [-0.25, -0.2) is 4.39 Å². The Kier molecular flexibility index (Phi) is 6.33. The quantitative estimate of drug-likeness (QED) is 0.527. The second-order valence-corrected chi connectivity index (χ2v) is 4.05. The third kappa shape index (κ3) is 5.42. The highest BCUT2D eigenvalue weighted by atomic mass is 19.1. The summed E-state index contributed by atoms with van der Waals surface area (Å²) in [5.41, 5.74) is 0. The smallest absolute Gasteiger partial charge is 0.305 e. The summed E-state index contributed by atoms with van der Waals surface area (Å²) in [6.45, 7) is 1.61. The monoisotopic (exact) mass is 233 g/mol. The van der Waals surface area contributed by atoms with Crippen LogP contribution in [0.3, 0.4) is 0 Å². The number of halogens is 1. The van der Waals surface area contributed by atoms with Gasteiger partial charge in [-0.05, 0) is 19.3 Å². The Labute approximate surface area is 95.5 Å². The maximum atomic E-state index is 12.8. The topological polar surface area (TPSA) is 47.6 Å². The Bertz CT molecular complexity index is 213. The first-order chi connectivity index (χ1) is 7.72. The van der Waals surface area contributed by atoms with E-state index in [1.54, 1.807) is 0 Å². The third-order valence-electron chi connectivity index (χ3n) is 2.63. The first kappa shape index (κ1) is 13.4. The van der Waals surface area contributed by atoms with Crippen LogP contribution in [-0.4, -0.2) is 45.1 Å². The minimum Gasteiger partial charge on any atom is -0.469 e. The van der Waals surface area contributed by atoms with E-state index in [4.69, 9.17) is 4.74 Å². The molecule has 2 unspecified atom stereocenters. The number of carbonyl (C=O) groups is 1. The maximum Gasteiger partial charge on any atom is 0.305 e. The summed E-state index contributed by atoms with van der Waals surface area (Å²) in [6, 6.07) is 0.149. The number of nitrogens with one attached hydrogen (secondary N) is 1. The molecule has 1 heterocycles. The highest BCUT2D eigenvalue weighted by Gasteiger charge is 2.23. The molecule has 1 rings (SSSR count). The molecule has 1 fully saturated rings.